The second-order valence-electron chi connectivity index (χ2n) is 4.36. The number of hydrogen-bond acceptors (Lipinski definition) is 4. The van der Waals surface area contributed by atoms with Gasteiger partial charge in [-0.2, -0.15) is 11.8 Å². The maximum Gasteiger partial charge on any atom is 0.127 e. The molecule has 100 valence electrons. The molecule has 1 aromatic carbocycles. The Morgan fingerprint density at radius 3 is 3.17 bits per heavy atom. The van der Waals surface area contributed by atoms with Crippen LogP contribution in [-0.4, -0.2) is 31.8 Å². The Bertz CT molecular complexity index is 384. The molecular weight excluding hydrogens is 246 g/mol. The van der Waals surface area contributed by atoms with Gasteiger partial charge in [-0.05, 0) is 31.4 Å². The molecule has 0 fully saturated rings. The van der Waals surface area contributed by atoms with E-state index < -0.39 is 0 Å². The minimum atomic E-state index is 0.334. The van der Waals surface area contributed by atoms with Gasteiger partial charge in [0.05, 0.1) is 12.6 Å². The number of fused-ring (bicyclic) bond motifs is 1. The van der Waals surface area contributed by atoms with Gasteiger partial charge in [0.2, 0.25) is 0 Å². The highest BCUT2D eigenvalue weighted by Gasteiger charge is 2.23. The summed E-state index contributed by atoms with van der Waals surface area (Å²) in [6.07, 6.45) is 3.22. The van der Waals surface area contributed by atoms with Crippen LogP contribution >= 0.6 is 11.8 Å². The fourth-order valence-corrected chi connectivity index (χ4v) is 2.26. The maximum atomic E-state index is 5.71. The lowest BCUT2D eigenvalue weighted by molar-refractivity contribution is 0.308. The van der Waals surface area contributed by atoms with E-state index in [1.54, 1.807) is 11.8 Å². The van der Waals surface area contributed by atoms with Crippen LogP contribution in [-0.2, 0) is 0 Å². The van der Waals surface area contributed by atoms with Gasteiger partial charge in [-0.3, -0.25) is 0 Å². The van der Waals surface area contributed by atoms with Crippen molar-refractivity contribution in [3.05, 3.63) is 23.8 Å². The molecule has 0 aliphatic carbocycles. The van der Waals surface area contributed by atoms with Crippen molar-refractivity contribution in [2.75, 3.05) is 31.8 Å². The van der Waals surface area contributed by atoms with Crippen molar-refractivity contribution in [1.82, 2.24) is 5.32 Å². The molecule has 0 saturated carbocycles. The van der Waals surface area contributed by atoms with Crippen LogP contribution in [0, 0.1) is 0 Å². The first kappa shape index (κ1) is 13.6. The van der Waals surface area contributed by atoms with Crippen molar-refractivity contribution >= 4 is 11.8 Å². The summed E-state index contributed by atoms with van der Waals surface area (Å²) < 4.78 is 11.4. The second kappa shape index (κ2) is 6.90. The largest absolute Gasteiger partial charge is 0.493 e. The molecule has 2 rings (SSSR count). The molecule has 3 nitrogen and oxygen atoms in total. The highest BCUT2D eigenvalue weighted by atomic mass is 32.2. The quantitative estimate of drug-likeness (QED) is 0.770. The molecule has 18 heavy (non-hydrogen) atoms. The summed E-state index contributed by atoms with van der Waals surface area (Å²) in [4.78, 5) is 0. The minimum absolute atomic E-state index is 0.334. The molecule has 0 spiro atoms. The molecule has 1 heterocycles. The van der Waals surface area contributed by atoms with E-state index in [0.717, 1.165) is 43.4 Å². The van der Waals surface area contributed by atoms with E-state index in [1.807, 2.05) is 12.1 Å². The van der Waals surface area contributed by atoms with Crippen LogP contribution in [0.1, 0.15) is 24.9 Å². The van der Waals surface area contributed by atoms with E-state index in [0.29, 0.717) is 6.04 Å². The van der Waals surface area contributed by atoms with Gasteiger partial charge in [0.15, 0.2) is 0 Å². The lowest BCUT2D eigenvalue weighted by atomic mass is 10.1. The van der Waals surface area contributed by atoms with Crippen LogP contribution in [0.5, 0.6) is 11.5 Å². The van der Waals surface area contributed by atoms with Gasteiger partial charge in [-0.15, -0.1) is 0 Å². The van der Waals surface area contributed by atoms with Crippen molar-refractivity contribution in [1.29, 1.82) is 0 Å². The molecule has 1 aliphatic heterocycles. The third-order valence-electron chi connectivity index (χ3n) is 2.96. The van der Waals surface area contributed by atoms with E-state index in [9.17, 15) is 0 Å². The predicted octanol–water partition coefficient (Wildman–Crippen LogP) is 2.86. The van der Waals surface area contributed by atoms with Gasteiger partial charge in [-0.25, -0.2) is 0 Å². The standard InChI is InChI=1S/C14H21NO2S/c1-3-6-15-13-10-17-14-9-11(4-5-12(13)14)16-7-8-18-2/h4-5,9,13,15H,3,6-8,10H2,1-2H3. The van der Waals surface area contributed by atoms with Crippen molar-refractivity contribution < 1.29 is 9.47 Å². The molecule has 0 radical (unpaired) electrons. The number of thioether (sulfide) groups is 1. The van der Waals surface area contributed by atoms with E-state index >= 15 is 0 Å². The van der Waals surface area contributed by atoms with Crippen LogP contribution in [0.3, 0.4) is 0 Å². The molecule has 1 N–H and O–H groups in total. The van der Waals surface area contributed by atoms with E-state index in [-0.39, 0.29) is 0 Å². The fraction of sp³-hybridized carbons (Fsp3) is 0.571. The average Bonchev–Trinajstić information content (AvgIpc) is 2.79. The topological polar surface area (TPSA) is 30.5 Å². The maximum absolute atomic E-state index is 5.71. The Balaban J connectivity index is 1.96. The molecular formula is C14H21NO2S. The summed E-state index contributed by atoms with van der Waals surface area (Å²) in [5.74, 6) is 2.88. The summed E-state index contributed by atoms with van der Waals surface area (Å²) in [5, 5.41) is 3.49. The number of ether oxygens (including phenoxy) is 2. The Hall–Kier alpha value is -0.870. The lowest BCUT2D eigenvalue weighted by Crippen LogP contribution is -2.22. The van der Waals surface area contributed by atoms with Crippen LogP contribution in [0.25, 0.3) is 0 Å². The third kappa shape index (κ3) is 3.33. The normalized spacial score (nSPS) is 17.3. The number of rotatable bonds is 7. The van der Waals surface area contributed by atoms with Crippen molar-refractivity contribution in [2.24, 2.45) is 0 Å². The van der Waals surface area contributed by atoms with Gasteiger partial charge < -0.3 is 14.8 Å². The van der Waals surface area contributed by atoms with E-state index in [4.69, 9.17) is 9.47 Å². The first-order valence-corrected chi connectivity index (χ1v) is 7.86. The predicted molar refractivity (Wildman–Crippen MR) is 76.8 cm³/mol. The van der Waals surface area contributed by atoms with E-state index in [2.05, 4.69) is 24.6 Å². The molecule has 0 saturated heterocycles. The first-order chi connectivity index (χ1) is 8.85. The van der Waals surface area contributed by atoms with Gasteiger partial charge in [0.1, 0.15) is 18.1 Å². The SMILES string of the molecule is CCCNC1COc2cc(OCCSC)ccc21. The first-order valence-electron chi connectivity index (χ1n) is 6.47. The summed E-state index contributed by atoms with van der Waals surface area (Å²) in [6.45, 7) is 4.67. The van der Waals surface area contributed by atoms with Gasteiger partial charge in [0, 0.05) is 17.4 Å². The highest BCUT2D eigenvalue weighted by molar-refractivity contribution is 7.98. The van der Waals surface area contributed by atoms with Crippen LogP contribution in [0.4, 0.5) is 0 Å². The van der Waals surface area contributed by atoms with Crippen molar-refractivity contribution in [3.8, 4) is 11.5 Å². The summed E-state index contributed by atoms with van der Waals surface area (Å²) in [7, 11) is 0. The number of nitrogens with one attached hydrogen (secondary N) is 1. The Labute approximate surface area is 113 Å². The van der Waals surface area contributed by atoms with Gasteiger partial charge >= 0.3 is 0 Å². The molecule has 1 unspecified atom stereocenters. The summed E-state index contributed by atoms with van der Waals surface area (Å²) in [5.41, 5.74) is 1.25. The molecule has 4 heteroatoms. The smallest absolute Gasteiger partial charge is 0.127 e. The zero-order chi connectivity index (χ0) is 12.8. The van der Waals surface area contributed by atoms with Crippen molar-refractivity contribution in [3.63, 3.8) is 0 Å². The second-order valence-corrected chi connectivity index (χ2v) is 5.34. The van der Waals surface area contributed by atoms with E-state index in [1.165, 1.54) is 5.56 Å². The average molecular weight is 267 g/mol. The fourth-order valence-electron chi connectivity index (χ4n) is 2.01. The summed E-state index contributed by atoms with van der Waals surface area (Å²) in [6, 6.07) is 6.49. The minimum Gasteiger partial charge on any atom is -0.493 e. The molecule has 1 atom stereocenters. The van der Waals surface area contributed by atoms with Crippen LogP contribution < -0.4 is 14.8 Å². The van der Waals surface area contributed by atoms with Gasteiger partial charge in [-0.1, -0.05) is 6.92 Å². The Morgan fingerprint density at radius 1 is 1.50 bits per heavy atom. The Morgan fingerprint density at radius 2 is 2.39 bits per heavy atom. The third-order valence-corrected chi connectivity index (χ3v) is 3.54. The molecule has 0 amide bonds. The number of benzene rings is 1. The van der Waals surface area contributed by atoms with Gasteiger partial charge in [0.25, 0.3) is 0 Å². The Kier molecular flexibility index (Phi) is 5.20. The summed E-state index contributed by atoms with van der Waals surface area (Å²) >= 11 is 1.79. The van der Waals surface area contributed by atoms with Crippen LogP contribution in [0.2, 0.25) is 0 Å². The lowest BCUT2D eigenvalue weighted by Gasteiger charge is -2.10. The molecule has 0 bridgehead atoms. The zero-order valence-electron chi connectivity index (χ0n) is 11.1. The molecule has 0 aromatic heterocycles. The monoisotopic (exact) mass is 267 g/mol. The molecule has 1 aliphatic rings. The van der Waals surface area contributed by atoms with Crippen molar-refractivity contribution in [2.45, 2.75) is 19.4 Å². The van der Waals surface area contributed by atoms with Crippen LogP contribution in [0.15, 0.2) is 18.2 Å². The number of hydrogen-bond donors (Lipinski definition) is 1. The molecule has 1 aromatic rings. The highest BCUT2D eigenvalue weighted by Crippen LogP contribution is 2.35. The zero-order valence-corrected chi connectivity index (χ0v) is 11.9.